The fraction of sp³-hybridized carbons (Fsp3) is 0.955. The van der Waals surface area contributed by atoms with Crippen LogP contribution in [0.15, 0.2) is 0 Å². The maximum Gasteiger partial charge on any atom is 0.306 e. The van der Waals surface area contributed by atoms with E-state index in [2.05, 4.69) is 27.7 Å². The summed E-state index contributed by atoms with van der Waals surface area (Å²) >= 11 is 0. The highest BCUT2D eigenvalue weighted by molar-refractivity contribution is 5.69. The summed E-state index contributed by atoms with van der Waals surface area (Å²) in [7, 11) is 0. The fourth-order valence-corrected chi connectivity index (χ4v) is 6.47. The molecule has 4 nitrogen and oxygen atoms in total. The number of hydrogen-bond acceptors (Lipinski definition) is 3. The first-order valence-corrected chi connectivity index (χ1v) is 21.9. The third kappa shape index (κ3) is 43.0. The summed E-state index contributed by atoms with van der Waals surface area (Å²) in [6, 6.07) is 0. The summed E-state index contributed by atoms with van der Waals surface area (Å²) in [5.41, 5.74) is 0. The number of carbonyl (C=O) groups is 2. The molecule has 0 aromatic heterocycles. The number of carbonyl (C=O) groups excluding carboxylic acids is 1. The lowest BCUT2D eigenvalue weighted by molar-refractivity contribution is -0.144. The predicted octanol–water partition coefficient (Wildman–Crippen LogP) is 15.3. The number of aliphatic carboxylic acids is 1. The zero-order valence-corrected chi connectivity index (χ0v) is 33.4. The Morgan fingerprint density at radius 2 is 0.688 bits per heavy atom. The van der Waals surface area contributed by atoms with E-state index in [0.717, 1.165) is 51.4 Å². The van der Waals surface area contributed by atoms with Crippen LogP contribution in [0.1, 0.15) is 259 Å². The molecule has 0 aliphatic rings. The lowest BCUT2D eigenvalue weighted by Gasteiger charge is -2.11. The molecular weight excluding hydrogens is 592 g/mol. The molecule has 4 heteroatoms. The molecule has 288 valence electrons. The molecule has 0 saturated carbocycles. The van der Waals surface area contributed by atoms with E-state index in [1.54, 1.807) is 0 Å². The largest absolute Gasteiger partial charge is 0.481 e. The summed E-state index contributed by atoms with van der Waals surface area (Å²) in [6.45, 7) is 9.40. The first-order chi connectivity index (χ1) is 23.5. The van der Waals surface area contributed by atoms with Crippen LogP contribution in [0.4, 0.5) is 0 Å². The second kappa shape index (κ2) is 44.0. The van der Waals surface area contributed by atoms with Gasteiger partial charge in [0.25, 0.3) is 0 Å². The van der Waals surface area contributed by atoms with Crippen LogP contribution in [-0.4, -0.2) is 23.7 Å². The SMILES string of the molecule is CCCCCCCCCCCCCCCCC(CCCC)C(=O)O.CCCCCCCCCCCCCCCCCC(=O)OCCCC. The van der Waals surface area contributed by atoms with Crippen molar-refractivity contribution >= 4 is 11.9 Å². The van der Waals surface area contributed by atoms with Gasteiger partial charge in [0.2, 0.25) is 0 Å². The van der Waals surface area contributed by atoms with Crippen LogP contribution in [0.2, 0.25) is 0 Å². The van der Waals surface area contributed by atoms with Crippen molar-refractivity contribution in [2.45, 2.75) is 259 Å². The molecule has 1 unspecified atom stereocenters. The molecule has 0 aliphatic carbocycles. The van der Waals surface area contributed by atoms with Crippen LogP contribution in [0.5, 0.6) is 0 Å². The third-order valence-electron chi connectivity index (χ3n) is 9.91. The number of esters is 1. The van der Waals surface area contributed by atoms with Gasteiger partial charge in [-0.1, -0.05) is 227 Å². The minimum atomic E-state index is -0.585. The first kappa shape index (κ1) is 49.1. The summed E-state index contributed by atoms with van der Waals surface area (Å²) in [5, 5.41) is 9.20. The second-order valence-corrected chi connectivity index (χ2v) is 14.8. The minimum Gasteiger partial charge on any atom is -0.481 e. The lowest BCUT2D eigenvalue weighted by Crippen LogP contribution is -2.13. The maximum absolute atomic E-state index is 11.4. The van der Waals surface area contributed by atoms with E-state index in [0.29, 0.717) is 13.0 Å². The highest BCUT2D eigenvalue weighted by Crippen LogP contribution is 2.19. The summed E-state index contributed by atoms with van der Waals surface area (Å²) < 4.78 is 5.16. The van der Waals surface area contributed by atoms with Gasteiger partial charge in [0.05, 0.1) is 12.5 Å². The van der Waals surface area contributed by atoms with E-state index in [4.69, 9.17) is 4.74 Å². The van der Waals surface area contributed by atoms with Crippen LogP contribution in [0.3, 0.4) is 0 Å². The molecule has 0 bridgehead atoms. The van der Waals surface area contributed by atoms with Gasteiger partial charge in [0.15, 0.2) is 0 Å². The summed E-state index contributed by atoms with van der Waals surface area (Å²) in [4.78, 5) is 22.6. The molecule has 0 heterocycles. The average Bonchev–Trinajstić information content (AvgIpc) is 3.08. The molecule has 0 amide bonds. The van der Waals surface area contributed by atoms with Gasteiger partial charge in [0, 0.05) is 6.42 Å². The Morgan fingerprint density at radius 1 is 0.396 bits per heavy atom. The van der Waals surface area contributed by atoms with Crippen molar-refractivity contribution in [1.82, 2.24) is 0 Å². The normalized spacial score (nSPS) is 11.7. The smallest absolute Gasteiger partial charge is 0.306 e. The third-order valence-corrected chi connectivity index (χ3v) is 9.91. The number of ether oxygens (including phenoxy) is 1. The van der Waals surface area contributed by atoms with Gasteiger partial charge in [0.1, 0.15) is 0 Å². The van der Waals surface area contributed by atoms with Crippen molar-refractivity contribution in [3.05, 3.63) is 0 Å². The number of rotatable bonds is 38. The quantitative estimate of drug-likeness (QED) is 0.0521. The highest BCUT2D eigenvalue weighted by atomic mass is 16.5. The van der Waals surface area contributed by atoms with E-state index < -0.39 is 5.97 Å². The van der Waals surface area contributed by atoms with Crippen LogP contribution in [-0.2, 0) is 14.3 Å². The number of unbranched alkanes of at least 4 members (excludes halogenated alkanes) is 29. The van der Waals surface area contributed by atoms with Crippen molar-refractivity contribution in [3.63, 3.8) is 0 Å². The van der Waals surface area contributed by atoms with Crippen molar-refractivity contribution in [3.8, 4) is 0 Å². The van der Waals surface area contributed by atoms with Crippen molar-refractivity contribution in [2.75, 3.05) is 6.61 Å². The van der Waals surface area contributed by atoms with Crippen LogP contribution >= 0.6 is 0 Å². The molecule has 1 atom stereocenters. The van der Waals surface area contributed by atoms with E-state index in [9.17, 15) is 14.7 Å². The Labute approximate surface area is 302 Å². The van der Waals surface area contributed by atoms with Gasteiger partial charge in [-0.2, -0.15) is 0 Å². The lowest BCUT2D eigenvalue weighted by atomic mass is 9.95. The van der Waals surface area contributed by atoms with Crippen molar-refractivity contribution in [2.24, 2.45) is 5.92 Å². The Hall–Kier alpha value is -1.06. The Morgan fingerprint density at radius 3 is 1.02 bits per heavy atom. The van der Waals surface area contributed by atoms with Gasteiger partial charge in [-0.3, -0.25) is 9.59 Å². The second-order valence-electron chi connectivity index (χ2n) is 14.8. The molecule has 0 spiro atoms. The highest BCUT2D eigenvalue weighted by Gasteiger charge is 2.15. The van der Waals surface area contributed by atoms with E-state index in [1.165, 1.54) is 173 Å². The first-order valence-electron chi connectivity index (χ1n) is 21.9. The fourth-order valence-electron chi connectivity index (χ4n) is 6.47. The zero-order valence-electron chi connectivity index (χ0n) is 33.4. The zero-order chi connectivity index (χ0) is 35.6. The standard InChI is InChI=1S/2C22H44O2/c1-3-5-7-8-9-10-11-12-13-14-15-16-17-18-19-20-22(23)24-21-6-4-2;1-3-5-7-8-9-10-11-12-13-14-15-16-17-18-20-21(22(23)24)19-6-4-2/h3-21H2,1-2H3;21H,3-20H2,1-2H3,(H,23,24). The topological polar surface area (TPSA) is 63.6 Å². The molecule has 1 N–H and O–H groups in total. The van der Waals surface area contributed by atoms with Gasteiger partial charge < -0.3 is 9.84 Å². The van der Waals surface area contributed by atoms with Crippen molar-refractivity contribution in [1.29, 1.82) is 0 Å². The van der Waals surface area contributed by atoms with E-state index >= 15 is 0 Å². The maximum atomic E-state index is 11.4. The molecule has 0 aromatic carbocycles. The Kier molecular flexibility index (Phi) is 44.9. The molecular formula is C44H88O4. The monoisotopic (exact) mass is 681 g/mol. The summed E-state index contributed by atoms with van der Waals surface area (Å²) in [6.07, 6.45) is 46.0. The summed E-state index contributed by atoms with van der Waals surface area (Å²) in [5.74, 6) is -0.682. The van der Waals surface area contributed by atoms with Crippen LogP contribution < -0.4 is 0 Å². The van der Waals surface area contributed by atoms with Gasteiger partial charge in [-0.15, -0.1) is 0 Å². The minimum absolute atomic E-state index is 0.00172. The molecule has 0 aromatic rings. The molecule has 48 heavy (non-hydrogen) atoms. The number of carboxylic acids is 1. The Bertz CT molecular complexity index is 617. The average molecular weight is 681 g/mol. The molecule has 0 fully saturated rings. The van der Waals surface area contributed by atoms with Gasteiger partial charge >= 0.3 is 11.9 Å². The van der Waals surface area contributed by atoms with Crippen LogP contribution in [0.25, 0.3) is 0 Å². The van der Waals surface area contributed by atoms with E-state index in [1.807, 2.05) is 0 Å². The molecule has 0 saturated heterocycles. The van der Waals surface area contributed by atoms with Gasteiger partial charge in [-0.05, 0) is 25.7 Å². The van der Waals surface area contributed by atoms with Crippen molar-refractivity contribution < 1.29 is 19.4 Å². The van der Waals surface area contributed by atoms with Gasteiger partial charge in [-0.25, -0.2) is 0 Å². The van der Waals surface area contributed by atoms with Crippen LogP contribution in [0, 0.1) is 5.92 Å². The molecule has 0 radical (unpaired) electrons. The number of carboxylic acid groups (broad SMARTS) is 1. The van der Waals surface area contributed by atoms with E-state index in [-0.39, 0.29) is 11.9 Å². The molecule has 0 aliphatic heterocycles. The molecule has 0 rings (SSSR count). The predicted molar refractivity (Wildman–Crippen MR) is 211 cm³/mol. The Balaban J connectivity index is 0. The number of hydrogen-bond donors (Lipinski definition) is 1.